The van der Waals surface area contributed by atoms with E-state index in [1.165, 1.54) is 12.7 Å². The molecule has 0 unspecified atom stereocenters. The molecule has 13 heteroatoms. The molecule has 2 aromatic heterocycles. The number of phosphoric acid groups is 1. The van der Waals surface area contributed by atoms with Crippen molar-refractivity contribution >= 4 is 25.3 Å². The molecule has 2 N–H and O–H groups in total. The summed E-state index contributed by atoms with van der Waals surface area (Å²) in [4.78, 5) is 42.6. The third kappa shape index (κ3) is 4.22. The van der Waals surface area contributed by atoms with E-state index in [-0.39, 0.29) is 6.61 Å². The van der Waals surface area contributed by atoms with Crippen molar-refractivity contribution in [2.45, 2.75) is 44.2 Å². The van der Waals surface area contributed by atoms with Gasteiger partial charge in [-0.25, -0.2) is 19.5 Å². The fraction of sp³-hybridized carbons (Fsp3) is 0.400. The number of carbonyl (C=O) groups excluding carboxylic acids is 1. The minimum atomic E-state index is -4.69. The first-order chi connectivity index (χ1) is 15.6. The Hall–Kier alpha value is -2.57. The zero-order chi connectivity index (χ0) is 23.4. The van der Waals surface area contributed by atoms with E-state index in [1.807, 2.05) is 6.07 Å². The van der Waals surface area contributed by atoms with Crippen LogP contribution in [0.5, 0.6) is 0 Å². The Morgan fingerprint density at radius 3 is 2.76 bits per heavy atom. The van der Waals surface area contributed by atoms with Gasteiger partial charge >= 0.3 is 7.82 Å². The molecule has 33 heavy (non-hydrogen) atoms. The summed E-state index contributed by atoms with van der Waals surface area (Å²) in [5.41, 5.74) is 2.71. The number of hydrogen-bond acceptors (Lipinski definition) is 9. The summed E-state index contributed by atoms with van der Waals surface area (Å²) in [6.07, 6.45) is 0.925. The van der Waals surface area contributed by atoms with E-state index in [0.29, 0.717) is 28.0 Å². The number of rotatable bonds is 6. The van der Waals surface area contributed by atoms with Crippen LogP contribution < -0.4 is 0 Å². The standard InChI is InChI=1S/C20H21N4O8P/c1-20(2)31-16-13(8-29-33(26,27)28)30-19(17(16)32-20)24-10-23-15-14(21-9-22-18(15)24)12-5-3-4-11(6-12)7-25/h3-7,9-10,13,16-17,19H,8H2,1-2H3,(H2,26,27,28)/t13-,16-,17-,19-/m1/s1. The zero-order valence-electron chi connectivity index (χ0n) is 17.6. The van der Waals surface area contributed by atoms with E-state index in [4.69, 9.17) is 24.0 Å². The topological polar surface area (TPSA) is 155 Å². The summed E-state index contributed by atoms with van der Waals surface area (Å²) in [6.45, 7) is 3.11. The van der Waals surface area contributed by atoms with Gasteiger partial charge in [-0.15, -0.1) is 0 Å². The molecule has 174 valence electrons. The van der Waals surface area contributed by atoms with Crippen molar-refractivity contribution < 1.29 is 37.9 Å². The molecule has 2 saturated heterocycles. The van der Waals surface area contributed by atoms with E-state index in [9.17, 15) is 9.36 Å². The minimum absolute atomic E-state index is 0.382. The number of phosphoric ester groups is 1. The van der Waals surface area contributed by atoms with Crippen LogP contribution in [0, 0.1) is 0 Å². The summed E-state index contributed by atoms with van der Waals surface area (Å²) >= 11 is 0. The second-order valence-corrected chi connectivity index (χ2v) is 9.45. The molecule has 2 aliphatic heterocycles. The van der Waals surface area contributed by atoms with Crippen molar-refractivity contribution in [3.05, 3.63) is 42.5 Å². The van der Waals surface area contributed by atoms with Crippen LogP contribution in [0.25, 0.3) is 22.4 Å². The number of imidazole rings is 1. The molecular formula is C20H21N4O8P. The molecule has 2 aliphatic rings. The lowest BCUT2D eigenvalue weighted by atomic mass is 10.1. The second-order valence-electron chi connectivity index (χ2n) is 8.21. The van der Waals surface area contributed by atoms with Gasteiger partial charge in [0.1, 0.15) is 42.1 Å². The quantitative estimate of drug-likeness (QED) is 0.395. The van der Waals surface area contributed by atoms with Crippen molar-refractivity contribution in [3.63, 3.8) is 0 Å². The Labute approximate surface area is 187 Å². The lowest BCUT2D eigenvalue weighted by Crippen LogP contribution is -2.32. The van der Waals surface area contributed by atoms with E-state index >= 15 is 0 Å². The van der Waals surface area contributed by atoms with Crippen LogP contribution >= 0.6 is 7.82 Å². The molecule has 12 nitrogen and oxygen atoms in total. The highest BCUT2D eigenvalue weighted by Gasteiger charge is 2.56. The normalized spacial score (nSPS) is 26.5. The molecule has 4 heterocycles. The first kappa shape index (κ1) is 22.2. The lowest BCUT2D eigenvalue weighted by molar-refractivity contribution is -0.199. The Morgan fingerprint density at radius 1 is 1.21 bits per heavy atom. The van der Waals surface area contributed by atoms with E-state index in [2.05, 4.69) is 19.5 Å². The predicted octanol–water partition coefficient (Wildman–Crippen LogP) is 1.83. The average molecular weight is 476 g/mol. The highest BCUT2D eigenvalue weighted by Crippen LogP contribution is 2.45. The minimum Gasteiger partial charge on any atom is -0.347 e. The molecule has 0 aliphatic carbocycles. The van der Waals surface area contributed by atoms with Gasteiger partial charge in [0.25, 0.3) is 0 Å². The van der Waals surface area contributed by atoms with Crippen LogP contribution in [0.2, 0.25) is 0 Å². The van der Waals surface area contributed by atoms with Crippen LogP contribution in [0.3, 0.4) is 0 Å². The number of aldehydes is 1. The SMILES string of the molecule is CC1(C)O[C@@H]2[C@H](O1)[C@@H](COP(=O)(O)O)O[C@H]2n1cnc2c(-c3cccc(C=O)c3)ncnc21. The summed E-state index contributed by atoms with van der Waals surface area (Å²) < 4.78 is 35.6. The number of nitrogens with zero attached hydrogens (tertiary/aromatic N) is 4. The first-order valence-electron chi connectivity index (χ1n) is 10.1. The monoisotopic (exact) mass is 476 g/mol. The highest BCUT2D eigenvalue weighted by molar-refractivity contribution is 7.46. The van der Waals surface area contributed by atoms with Crippen LogP contribution in [-0.4, -0.2) is 66.3 Å². The largest absolute Gasteiger partial charge is 0.469 e. The molecule has 0 bridgehead atoms. The van der Waals surface area contributed by atoms with Gasteiger partial charge in [0.05, 0.1) is 12.9 Å². The first-order valence-corrected chi connectivity index (χ1v) is 11.6. The Bertz CT molecular complexity index is 1260. The molecule has 2 fully saturated rings. The number of hydrogen-bond donors (Lipinski definition) is 2. The molecule has 0 amide bonds. The predicted molar refractivity (Wildman–Crippen MR) is 112 cm³/mol. The fourth-order valence-electron chi connectivity index (χ4n) is 4.20. The maximum Gasteiger partial charge on any atom is 0.469 e. The Morgan fingerprint density at radius 2 is 2.00 bits per heavy atom. The number of benzene rings is 1. The fourth-order valence-corrected chi connectivity index (χ4v) is 4.54. The summed E-state index contributed by atoms with van der Waals surface area (Å²) in [7, 11) is -4.69. The molecule has 1 aromatic carbocycles. The van der Waals surface area contributed by atoms with Crippen molar-refractivity contribution in [1.29, 1.82) is 0 Å². The van der Waals surface area contributed by atoms with Gasteiger partial charge < -0.3 is 24.0 Å². The maximum atomic E-state index is 11.2. The zero-order valence-corrected chi connectivity index (χ0v) is 18.5. The summed E-state index contributed by atoms with van der Waals surface area (Å²) in [5.74, 6) is -0.927. The molecule has 0 spiro atoms. The number of fused-ring (bicyclic) bond motifs is 2. The third-order valence-corrected chi connectivity index (χ3v) is 5.95. The van der Waals surface area contributed by atoms with E-state index in [0.717, 1.165) is 6.29 Å². The van der Waals surface area contributed by atoms with Gasteiger partial charge in [-0.2, -0.15) is 0 Å². The summed E-state index contributed by atoms with van der Waals surface area (Å²) in [5, 5.41) is 0. The van der Waals surface area contributed by atoms with E-state index in [1.54, 1.807) is 36.6 Å². The van der Waals surface area contributed by atoms with Gasteiger partial charge in [-0.3, -0.25) is 13.9 Å². The van der Waals surface area contributed by atoms with Gasteiger partial charge in [-0.05, 0) is 19.9 Å². The lowest BCUT2D eigenvalue weighted by Gasteiger charge is -2.24. The molecular weight excluding hydrogens is 455 g/mol. The summed E-state index contributed by atoms with van der Waals surface area (Å²) in [6, 6.07) is 6.98. The van der Waals surface area contributed by atoms with Crippen LogP contribution in [0.15, 0.2) is 36.9 Å². The molecule has 3 aromatic rings. The number of aromatic nitrogens is 4. The molecule has 4 atom stereocenters. The maximum absolute atomic E-state index is 11.2. The highest BCUT2D eigenvalue weighted by atomic mass is 31.2. The van der Waals surface area contributed by atoms with Crippen LogP contribution in [0.4, 0.5) is 0 Å². The van der Waals surface area contributed by atoms with Gasteiger partial charge in [0, 0.05) is 11.1 Å². The van der Waals surface area contributed by atoms with Gasteiger partial charge in [0.2, 0.25) is 0 Å². The van der Waals surface area contributed by atoms with Crippen molar-refractivity contribution in [2.24, 2.45) is 0 Å². The third-order valence-electron chi connectivity index (χ3n) is 5.46. The Kier molecular flexibility index (Phi) is 5.41. The molecule has 5 rings (SSSR count). The van der Waals surface area contributed by atoms with Gasteiger partial charge in [0.15, 0.2) is 17.7 Å². The van der Waals surface area contributed by atoms with Crippen LogP contribution in [0.1, 0.15) is 30.4 Å². The number of ether oxygens (including phenoxy) is 3. The molecule has 0 saturated carbocycles. The smallest absolute Gasteiger partial charge is 0.347 e. The van der Waals surface area contributed by atoms with Gasteiger partial charge in [-0.1, -0.05) is 18.2 Å². The average Bonchev–Trinajstić information content (AvgIpc) is 3.42. The van der Waals surface area contributed by atoms with Crippen molar-refractivity contribution in [2.75, 3.05) is 6.61 Å². The van der Waals surface area contributed by atoms with Crippen molar-refractivity contribution in [1.82, 2.24) is 19.5 Å². The molecule has 0 radical (unpaired) electrons. The van der Waals surface area contributed by atoms with E-state index < -0.39 is 38.1 Å². The second kappa shape index (κ2) is 8.03. The van der Waals surface area contributed by atoms with Crippen LogP contribution in [-0.2, 0) is 23.3 Å². The number of carbonyl (C=O) groups is 1. The Balaban J connectivity index is 1.52. The van der Waals surface area contributed by atoms with Crippen molar-refractivity contribution in [3.8, 4) is 11.3 Å².